The molecule has 0 aromatic carbocycles. The SMILES string of the molecule is CCOc1cc(NCCCOC(C)C)nc(C)n1. The first kappa shape index (κ1) is 14.7. The van der Waals surface area contributed by atoms with E-state index in [2.05, 4.69) is 15.3 Å². The van der Waals surface area contributed by atoms with E-state index in [4.69, 9.17) is 9.47 Å². The molecule has 0 aliphatic heterocycles. The Kier molecular flexibility index (Phi) is 6.43. The number of aromatic nitrogens is 2. The second-order valence-corrected chi connectivity index (χ2v) is 4.27. The third-order valence-corrected chi connectivity index (χ3v) is 2.19. The zero-order valence-corrected chi connectivity index (χ0v) is 11.7. The maximum Gasteiger partial charge on any atom is 0.218 e. The molecule has 1 heterocycles. The maximum atomic E-state index is 5.47. The van der Waals surface area contributed by atoms with E-state index in [1.54, 1.807) is 0 Å². The lowest BCUT2D eigenvalue weighted by Crippen LogP contribution is -2.10. The van der Waals surface area contributed by atoms with Crippen LogP contribution in [0.2, 0.25) is 0 Å². The Bertz CT molecular complexity index is 356. The van der Waals surface area contributed by atoms with Crippen LogP contribution in [0.25, 0.3) is 0 Å². The van der Waals surface area contributed by atoms with Crippen molar-refractivity contribution >= 4 is 5.82 Å². The fourth-order valence-electron chi connectivity index (χ4n) is 1.46. The Balaban J connectivity index is 2.37. The summed E-state index contributed by atoms with van der Waals surface area (Å²) in [5.41, 5.74) is 0. The lowest BCUT2D eigenvalue weighted by molar-refractivity contribution is 0.0787. The number of nitrogens with zero attached hydrogens (tertiary/aromatic N) is 2. The van der Waals surface area contributed by atoms with Crippen molar-refractivity contribution in [2.24, 2.45) is 0 Å². The molecule has 1 aromatic rings. The van der Waals surface area contributed by atoms with E-state index < -0.39 is 0 Å². The van der Waals surface area contributed by atoms with Crippen LogP contribution >= 0.6 is 0 Å². The van der Waals surface area contributed by atoms with Gasteiger partial charge in [-0.3, -0.25) is 0 Å². The predicted octanol–water partition coefficient (Wildman–Crippen LogP) is 2.41. The van der Waals surface area contributed by atoms with Gasteiger partial charge in [-0.05, 0) is 34.1 Å². The van der Waals surface area contributed by atoms with E-state index in [0.717, 1.165) is 25.4 Å². The summed E-state index contributed by atoms with van der Waals surface area (Å²) >= 11 is 0. The van der Waals surface area contributed by atoms with Crippen LogP contribution in [0.1, 0.15) is 33.0 Å². The first-order chi connectivity index (χ1) is 8.61. The normalized spacial score (nSPS) is 10.7. The van der Waals surface area contributed by atoms with Crippen molar-refractivity contribution in [2.45, 2.75) is 40.2 Å². The van der Waals surface area contributed by atoms with Crippen molar-refractivity contribution in [3.63, 3.8) is 0 Å². The Hall–Kier alpha value is -1.36. The standard InChI is InChI=1S/C13H23N3O2/c1-5-17-13-9-12(15-11(4)16-13)14-7-6-8-18-10(2)3/h9-10H,5-8H2,1-4H3,(H,14,15,16). The molecule has 0 bridgehead atoms. The molecule has 0 saturated carbocycles. The monoisotopic (exact) mass is 253 g/mol. The van der Waals surface area contributed by atoms with Gasteiger partial charge in [0.25, 0.3) is 0 Å². The fraction of sp³-hybridized carbons (Fsp3) is 0.692. The Morgan fingerprint density at radius 3 is 2.78 bits per heavy atom. The van der Waals surface area contributed by atoms with Crippen molar-refractivity contribution in [1.82, 2.24) is 9.97 Å². The summed E-state index contributed by atoms with van der Waals surface area (Å²) in [6.45, 7) is 10.1. The lowest BCUT2D eigenvalue weighted by atomic mass is 10.4. The summed E-state index contributed by atoms with van der Waals surface area (Å²) in [6, 6.07) is 1.82. The van der Waals surface area contributed by atoms with Crippen LogP contribution in [-0.4, -0.2) is 35.8 Å². The molecule has 1 rings (SSSR count). The summed E-state index contributed by atoms with van der Waals surface area (Å²) < 4.78 is 10.8. The van der Waals surface area contributed by atoms with Crippen LogP contribution in [0.3, 0.4) is 0 Å². The summed E-state index contributed by atoms with van der Waals surface area (Å²) in [5, 5.41) is 3.25. The van der Waals surface area contributed by atoms with Crippen molar-refractivity contribution in [2.75, 3.05) is 25.1 Å². The van der Waals surface area contributed by atoms with Crippen LogP contribution in [0.4, 0.5) is 5.82 Å². The molecule has 0 fully saturated rings. The van der Waals surface area contributed by atoms with Crippen LogP contribution in [0, 0.1) is 6.92 Å². The number of hydrogen-bond acceptors (Lipinski definition) is 5. The molecule has 0 aliphatic carbocycles. The van der Waals surface area contributed by atoms with E-state index >= 15 is 0 Å². The molecular weight excluding hydrogens is 230 g/mol. The molecule has 5 heteroatoms. The molecule has 0 amide bonds. The van der Waals surface area contributed by atoms with Crippen molar-refractivity contribution in [3.8, 4) is 5.88 Å². The van der Waals surface area contributed by atoms with Gasteiger partial charge in [-0.1, -0.05) is 0 Å². The molecule has 0 aliphatic rings. The van der Waals surface area contributed by atoms with Crippen LogP contribution in [0.15, 0.2) is 6.07 Å². The molecule has 1 N–H and O–H groups in total. The third kappa shape index (κ3) is 5.82. The molecule has 0 radical (unpaired) electrons. The number of ether oxygens (including phenoxy) is 2. The minimum atomic E-state index is 0.288. The topological polar surface area (TPSA) is 56.3 Å². The van der Waals surface area contributed by atoms with E-state index in [1.807, 2.05) is 33.8 Å². The van der Waals surface area contributed by atoms with Gasteiger partial charge in [0.2, 0.25) is 5.88 Å². The highest BCUT2D eigenvalue weighted by atomic mass is 16.5. The molecule has 5 nitrogen and oxygen atoms in total. The number of aryl methyl sites for hydroxylation is 1. The van der Waals surface area contributed by atoms with Crippen molar-refractivity contribution in [3.05, 3.63) is 11.9 Å². The van der Waals surface area contributed by atoms with Gasteiger partial charge < -0.3 is 14.8 Å². The van der Waals surface area contributed by atoms with Gasteiger partial charge >= 0.3 is 0 Å². The summed E-state index contributed by atoms with van der Waals surface area (Å²) in [4.78, 5) is 8.50. The second kappa shape index (κ2) is 7.87. The lowest BCUT2D eigenvalue weighted by Gasteiger charge is -2.10. The number of hydrogen-bond donors (Lipinski definition) is 1. The van der Waals surface area contributed by atoms with Crippen molar-refractivity contribution < 1.29 is 9.47 Å². The van der Waals surface area contributed by atoms with Crippen LogP contribution < -0.4 is 10.1 Å². The molecule has 102 valence electrons. The highest BCUT2D eigenvalue weighted by Gasteiger charge is 2.02. The summed E-state index contributed by atoms with van der Waals surface area (Å²) in [6.07, 6.45) is 1.24. The van der Waals surface area contributed by atoms with Crippen LogP contribution in [-0.2, 0) is 4.74 Å². The Labute approximate surface area is 109 Å². The van der Waals surface area contributed by atoms with Gasteiger partial charge in [-0.15, -0.1) is 0 Å². The smallest absolute Gasteiger partial charge is 0.218 e. The Morgan fingerprint density at radius 1 is 1.33 bits per heavy atom. The largest absolute Gasteiger partial charge is 0.478 e. The highest BCUT2D eigenvalue weighted by Crippen LogP contribution is 2.13. The average molecular weight is 253 g/mol. The van der Waals surface area contributed by atoms with Crippen molar-refractivity contribution in [1.29, 1.82) is 0 Å². The number of rotatable bonds is 8. The van der Waals surface area contributed by atoms with Crippen LogP contribution in [0.5, 0.6) is 5.88 Å². The Morgan fingerprint density at radius 2 is 2.11 bits per heavy atom. The predicted molar refractivity (Wildman–Crippen MR) is 72.1 cm³/mol. The highest BCUT2D eigenvalue weighted by molar-refractivity contribution is 5.38. The minimum absolute atomic E-state index is 0.288. The first-order valence-electron chi connectivity index (χ1n) is 6.45. The quantitative estimate of drug-likeness (QED) is 0.721. The molecule has 0 atom stereocenters. The first-order valence-corrected chi connectivity index (χ1v) is 6.45. The minimum Gasteiger partial charge on any atom is -0.478 e. The van der Waals surface area contributed by atoms with Gasteiger partial charge in [0, 0.05) is 19.2 Å². The third-order valence-electron chi connectivity index (χ3n) is 2.19. The maximum absolute atomic E-state index is 5.47. The van der Waals surface area contributed by atoms with Gasteiger partial charge in [0.15, 0.2) is 0 Å². The summed E-state index contributed by atoms with van der Waals surface area (Å²) in [5.74, 6) is 2.13. The van der Waals surface area contributed by atoms with Gasteiger partial charge in [0.05, 0.1) is 12.7 Å². The van der Waals surface area contributed by atoms with E-state index in [9.17, 15) is 0 Å². The summed E-state index contributed by atoms with van der Waals surface area (Å²) in [7, 11) is 0. The van der Waals surface area contributed by atoms with Gasteiger partial charge in [-0.25, -0.2) is 4.98 Å². The fourth-order valence-corrected chi connectivity index (χ4v) is 1.46. The molecule has 0 spiro atoms. The molecule has 1 aromatic heterocycles. The molecule has 0 saturated heterocycles. The second-order valence-electron chi connectivity index (χ2n) is 4.27. The molecular formula is C13H23N3O2. The number of anilines is 1. The number of nitrogens with one attached hydrogen (secondary N) is 1. The van der Waals surface area contributed by atoms with Gasteiger partial charge in [0.1, 0.15) is 11.6 Å². The van der Waals surface area contributed by atoms with E-state index in [0.29, 0.717) is 18.3 Å². The molecule has 0 unspecified atom stereocenters. The van der Waals surface area contributed by atoms with E-state index in [-0.39, 0.29) is 6.10 Å². The zero-order valence-electron chi connectivity index (χ0n) is 11.7. The zero-order chi connectivity index (χ0) is 13.4. The van der Waals surface area contributed by atoms with E-state index in [1.165, 1.54) is 0 Å². The molecule has 18 heavy (non-hydrogen) atoms. The van der Waals surface area contributed by atoms with Gasteiger partial charge in [-0.2, -0.15) is 4.98 Å². The average Bonchev–Trinajstić information content (AvgIpc) is 2.28.